The van der Waals surface area contributed by atoms with Crippen LogP contribution in [0.3, 0.4) is 0 Å². The highest BCUT2D eigenvalue weighted by molar-refractivity contribution is 5.91. The van der Waals surface area contributed by atoms with Crippen LogP contribution in [-0.4, -0.2) is 49.2 Å². The molecule has 2 aliphatic rings. The molecule has 4 heteroatoms. The van der Waals surface area contributed by atoms with Crippen molar-refractivity contribution in [1.82, 2.24) is 10.2 Å². The first-order valence-electron chi connectivity index (χ1n) is 7.68. The van der Waals surface area contributed by atoms with Gasteiger partial charge in [0.15, 0.2) is 0 Å². The molecule has 3 rings (SSSR count). The molecule has 0 unspecified atom stereocenters. The minimum atomic E-state index is -0.0430. The zero-order valence-electron chi connectivity index (χ0n) is 12.2. The van der Waals surface area contributed by atoms with Gasteiger partial charge in [0.1, 0.15) is 0 Å². The molecule has 112 valence electrons. The first-order valence-corrected chi connectivity index (χ1v) is 7.68. The predicted octanol–water partition coefficient (Wildman–Crippen LogP) is 1.68. The summed E-state index contributed by atoms with van der Waals surface area (Å²) in [4.78, 5) is 14.5. The largest absolute Gasteiger partial charge is 0.378 e. The first-order chi connectivity index (χ1) is 10.3. The number of hydrogen-bond acceptors (Lipinski definition) is 3. The van der Waals surface area contributed by atoms with Gasteiger partial charge in [-0.25, -0.2) is 0 Å². The molecule has 1 N–H and O–H groups in total. The maximum Gasteiger partial charge on any atom is 0.244 e. The SMILES string of the molecule is O=C(C=Cc1ccccc1)N[C@H]1COC[C@@H]1N1CCCC1. The third-order valence-electron chi connectivity index (χ3n) is 4.21. The molecule has 2 aliphatic heterocycles. The molecule has 0 bridgehead atoms. The van der Waals surface area contributed by atoms with E-state index in [0.29, 0.717) is 12.6 Å². The van der Waals surface area contributed by atoms with Crippen LogP contribution in [-0.2, 0) is 9.53 Å². The molecule has 0 spiro atoms. The second kappa shape index (κ2) is 6.87. The Morgan fingerprint density at radius 2 is 1.95 bits per heavy atom. The molecule has 2 heterocycles. The Labute approximate surface area is 125 Å². The van der Waals surface area contributed by atoms with Crippen LogP contribution in [0.25, 0.3) is 6.08 Å². The monoisotopic (exact) mass is 286 g/mol. The number of nitrogens with zero attached hydrogens (tertiary/aromatic N) is 1. The van der Waals surface area contributed by atoms with E-state index in [0.717, 1.165) is 25.3 Å². The van der Waals surface area contributed by atoms with Gasteiger partial charge in [-0.1, -0.05) is 30.3 Å². The lowest BCUT2D eigenvalue weighted by Gasteiger charge is -2.27. The fraction of sp³-hybridized carbons (Fsp3) is 0.471. The van der Waals surface area contributed by atoms with Gasteiger partial charge in [-0.15, -0.1) is 0 Å². The Balaban J connectivity index is 1.55. The van der Waals surface area contributed by atoms with Crippen LogP contribution in [0.15, 0.2) is 36.4 Å². The van der Waals surface area contributed by atoms with Crippen LogP contribution in [0.1, 0.15) is 18.4 Å². The summed E-state index contributed by atoms with van der Waals surface area (Å²) in [5, 5.41) is 3.08. The average molecular weight is 286 g/mol. The van der Waals surface area contributed by atoms with E-state index in [9.17, 15) is 4.79 Å². The van der Waals surface area contributed by atoms with Gasteiger partial charge in [0.2, 0.25) is 5.91 Å². The van der Waals surface area contributed by atoms with E-state index in [4.69, 9.17) is 4.74 Å². The molecule has 0 saturated carbocycles. The molecule has 0 aromatic heterocycles. The van der Waals surface area contributed by atoms with E-state index >= 15 is 0 Å². The van der Waals surface area contributed by atoms with Crippen LogP contribution >= 0.6 is 0 Å². The second-order valence-corrected chi connectivity index (χ2v) is 5.71. The van der Waals surface area contributed by atoms with Crippen LogP contribution in [0, 0.1) is 0 Å². The van der Waals surface area contributed by atoms with Gasteiger partial charge in [-0.05, 0) is 37.6 Å². The Hall–Kier alpha value is -1.65. The molecule has 2 saturated heterocycles. The summed E-state index contributed by atoms with van der Waals surface area (Å²) in [6.45, 7) is 3.60. The van der Waals surface area contributed by atoms with Crippen molar-refractivity contribution in [3.05, 3.63) is 42.0 Å². The van der Waals surface area contributed by atoms with E-state index in [-0.39, 0.29) is 11.9 Å². The third kappa shape index (κ3) is 3.71. The van der Waals surface area contributed by atoms with Crippen molar-refractivity contribution in [3.63, 3.8) is 0 Å². The van der Waals surface area contributed by atoms with Crippen molar-refractivity contribution in [2.24, 2.45) is 0 Å². The number of ether oxygens (including phenoxy) is 1. The molecule has 2 fully saturated rings. The maximum absolute atomic E-state index is 12.1. The molecule has 1 aromatic carbocycles. The molecule has 0 radical (unpaired) electrons. The van der Waals surface area contributed by atoms with E-state index in [1.807, 2.05) is 36.4 Å². The van der Waals surface area contributed by atoms with Gasteiger partial charge in [-0.3, -0.25) is 9.69 Å². The van der Waals surface area contributed by atoms with Gasteiger partial charge in [0.05, 0.1) is 25.3 Å². The molecule has 1 amide bonds. The van der Waals surface area contributed by atoms with E-state index in [1.54, 1.807) is 6.08 Å². The van der Waals surface area contributed by atoms with Crippen molar-refractivity contribution < 1.29 is 9.53 Å². The smallest absolute Gasteiger partial charge is 0.244 e. The van der Waals surface area contributed by atoms with Crippen molar-refractivity contribution in [1.29, 1.82) is 0 Å². The van der Waals surface area contributed by atoms with Crippen LogP contribution in [0.5, 0.6) is 0 Å². The predicted molar refractivity (Wildman–Crippen MR) is 82.8 cm³/mol. The van der Waals surface area contributed by atoms with Crippen LogP contribution < -0.4 is 5.32 Å². The van der Waals surface area contributed by atoms with E-state index in [1.165, 1.54) is 12.8 Å². The number of carbonyl (C=O) groups is 1. The third-order valence-corrected chi connectivity index (χ3v) is 4.21. The fourth-order valence-corrected chi connectivity index (χ4v) is 3.08. The zero-order chi connectivity index (χ0) is 14.5. The summed E-state index contributed by atoms with van der Waals surface area (Å²) in [5.74, 6) is -0.0430. The number of likely N-dealkylation sites (tertiary alicyclic amines) is 1. The molecule has 2 atom stereocenters. The second-order valence-electron chi connectivity index (χ2n) is 5.71. The lowest BCUT2D eigenvalue weighted by atomic mass is 10.1. The van der Waals surface area contributed by atoms with Crippen LogP contribution in [0.2, 0.25) is 0 Å². The minimum absolute atomic E-state index is 0.0430. The number of nitrogens with one attached hydrogen (secondary N) is 1. The normalized spacial score (nSPS) is 26.5. The molecule has 0 aliphatic carbocycles. The highest BCUT2D eigenvalue weighted by atomic mass is 16.5. The summed E-state index contributed by atoms with van der Waals surface area (Å²) < 4.78 is 5.57. The Morgan fingerprint density at radius 3 is 2.71 bits per heavy atom. The van der Waals surface area contributed by atoms with Crippen LogP contribution in [0.4, 0.5) is 0 Å². The standard InChI is InChI=1S/C17H22N2O2/c20-17(9-8-14-6-2-1-3-7-14)18-15-12-21-13-16(15)19-10-4-5-11-19/h1-3,6-9,15-16H,4-5,10-13H2,(H,18,20)/t15-,16-/m0/s1. The lowest BCUT2D eigenvalue weighted by molar-refractivity contribution is -0.117. The van der Waals surface area contributed by atoms with Gasteiger partial charge >= 0.3 is 0 Å². The summed E-state index contributed by atoms with van der Waals surface area (Å²) in [6, 6.07) is 10.3. The summed E-state index contributed by atoms with van der Waals surface area (Å²) in [6.07, 6.45) is 5.96. The Bertz CT molecular complexity index is 495. The number of rotatable bonds is 4. The summed E-state index contributed by atoms with van der Waals surface area (Å²) >= 11 is 0. The molecule has 4 nitrogen and oxygen atoms in total. The molecule has 1 aromatic rings. The highest BCUT2D eigenvalue weighted by Crippen LogP contribution is 2.19. The zero-order valence-corrected chi connectivity index (χ0v) is 12.2. The van der Waals surface area contributed by atoms with Crippen molar-refractivity contribution >= 4 is 12.0 Å². The van der Waals surface area contributed by atoms with Crippen molar-refractivity contribution in [3.8, 4) is 0 Å². The van der Waals surface area contributed by atoms with E-state index < -0.39 is 0 Å². The summed E-state index contributed by atoms with van der Waals surface area (Å²) in [7, 11) is 0. The topological polar surface area (TPSA) is 41.6 Å². The number of benzene rings is 1. The lowest BCUT2D eigenvalue weighted by Crippen LogP contribution is -2.49. The molecular formula is C17H22N2O2. The highest BCUT2D eigenvalue weighted by Gasteiger charge is 2.34. The van der Waals surface area contributed by atoms with Gasteiger partial charge in [0, 0.05) is 6.08 Å². The first kappa shape index (κ1) is 14.3. The molecular weight excluding hydrogens is 264 g/mol. The number of carbonyl (C=O) groups excluding carboxylic acids is 1. The maximum atomic E-state index is 12.1. The Kier molecular flexibility index (Phi) is 4.68. The van der Waals surface area contributed by atoms with Gasteiger partial charge < -0.3 is 10.1 Å². The summed E-state index contributed by atoms with van der Waals surface area (Å²) in [5.41, 5.74) is 1.03. The van der Waals surface area contributed by atoms with Crippen molar-refractivity contribution in [2.75, 3.05) is 26.3 Å². The number of amides is 1. The Morgan fingerprint density at radius 1 is 1.19 bits per heavy atom. The number of hydrogen-bond donors (Lipinski definition) is 1. The van der Waals surface area contributed by atoms with Gasteiger partial charge in [0.25, 0.3) is 0 Å². The van der Waals surface area contributed by atoms with E-state index in [2.05, 4.69) is 10.2 Å². The van der Waals surface area contributed by atoms with Crippen molar-refractivity contribution in [2.45, 2.75) is 24.9 Å². The van der Waals surface area contributed by atoms with Gasteiger partial charge in [-0.2, -0.15) is 0 Å². The minimum Gasteiger partial charge on any atom is -0.378 e. The quantitative estimate of drug-likeness (QED) is 0.856. The molecule has 21 heavy (non-hydrogen) atoms. The average Bonchev–Trinajstić information content (AvgIpc) is 3.17. The fourth-order valence-electron chi connectivity index (χ4n) is 3.08.